The highest BCUT2D eigenvalue weighted by Gasteiger charge is 2.29. The van der Waals surface area contributed by atoms with E-state index in [1.807, 2.05) is 12.1 Å². The van der Waals surface area contributed by atoms with Gasteiger partial charge in [0.15, 0.2) is 0 Å². The van der Waals surface area contributed by atoms with E-state index < -0.39 is 0 Å². The Hall–Kier alpha value is -2.77. The number of rotatable bonds is 6. The molecule has 0 saturated carbocycles. The molecule has 0 aliphatic carbocycles. The Morgan fingerprint density at radius 3 is 0.542 bits per heavy atom. The Labute approximate surface area is 327 Å². The van der Waals surface area contributed by atoms with Crippen LogP contribution in [-0.2, 0) is 0 Å². The molecule has 0 spiro atoms. The van der Waals surface area contributed by atoms with Crippen LogP contribution in [0.5, 0.6) is 0 Å². The second kappa shape index (κ2) is 14.6. The van der Waals surface area contributed by atoms with E-state index in [9.17, 15) is 0 Å². The average molecular weight is 964 g/mol. The van der Waals surface area contributed by atoms with Gasteiger partial charge in [0.25, 0.3) is 0 Å². The lowest BCUT2D eigenvalue weighted by Crippen LogP contribution is -2.02. The Morgan fingerprint density at radius 1 is 0.229 bits per heavy atom. The van der Waals surface area contributed by atoms with Crippen LogP contribution in [0, 0.1) is 0 Å². The van der Waals surface area contributed by atoms with Crippen molar-refractivity contribution in [2.75, 3.05) is 0 Å². The van der Waals surface area contributed by atoms with Crippen molar-refractivity contribution < 1.29 is 0 Å². The van der Waals surface area contributed by atoms with E-state index in [4.69, 9.17) is 11.6 Å². The summed E-state index contributed by atoms with van der Waals surface area (Å²) in [6.07, 6.45) is 0. The standard InChI is InChI=1S/C42H24Br5Cl/c43-31-13-1-25(2-14-31)37-38(26-3-15-32(44)16-4-26)40(28-7-19-34(46)20-8-28)42(30-11-23-36(48)24-12-30)41(29-9-21-35(47)22-10-29)39(37)27-5-17-33(45)18-6-27/h1-24H. The van der Waals surface area contributed by atoms with E-state index in [0.717, 1.165) is 89.1 Å². The maximum absolute atomic E-state index is 6.53. The van der Waals surface area contributed by atoms with Crippen LogP contribution in [0.4, 0.5) is 0 Å². The summed E-state index contributed by atoms with van der Waals surface area (Å²) in [5, 5.41) is 0.696. The average Bonchev–Trinajstić information content (AvgIpc) is 3.10. The van der Waals surface area contributed by atoms with Crippen molar-refractivity contribution >= 4 is 91.3 Å². The highest BCUT2D eigenvalue weighted by molar-refractivity contribution is 9.11. The molecule has 0 heterocycles. The first-order chi connectivity index (χ1) is 23.3. The predicted molar refractivity (Wildman–Crippen MR) is 223 cm³/mol. The summed E-state index contributed by atoms with van der Waals surface area (Å²) in [5.41, 5.74) is 13.5. The monoisotopic (exact) mass is 958 g/mol. The van der Waals surface area contributed by atoms with Gasteiger partial charge < -0.3 is 0 Å². The molecule has 234 valence electrons. The highest BCUT2D eigenvalue weighted by Crippen LogP contribution is 2.56. The van der Waals surface area contributed by atoms with Gasteiger partial charge in [-0.2, -0.15) is 0 Å². The molecule has 0 N–H and O–H groups in total. The third-order valence-electron chi connectivity index (χ3n) is 8.30. The molecule has 0 aliphatic heterocycles. The molecule has 0 amide bonds. The zero-order chi connectivity index (χ0) is 33.4. The molecule has 7 rings (SSSR count). The van der Waals surface area contributed by atoms with Crippen molar-refractivity contribution in [1.29, 1.82) is 0 Å². The fourth-order valence-electron chi connectivity index (χ4n) is 6.18. The minimum absolute atomic E-state index is 0.696. The van der Waals surface area contributed by atoms with E-state index in [1.54, 1.807) is 0 Å². The van der Waals surface area contributed by atoms with E-state index in [0.29, 0.717) is 5.02 Å². The predicted octanol–water partition coefficient (Wildman–Crippen LogP) is 16.2. The van der Waals surface area contributed by atoms with E-state index in [-0.39, 0.29) is 0 Å². The van der Waals surface area contributed by atoms with E-state index >= 15 is 0 Å². The molecule has 0 saturated heterocycles. The molecule has 7 aromatic rings. The molecule has 0 fully saturated rings. The molecular formula is C42H24Br5Cl. The highest BCUT2D eigenvalue weighted by atomic mass is 79.9. The minimum Gasteiger partial charge on any atom is -0.0843 e. The van der Waals surface area contributed by atoms with E-state index in [1.165, 1.54) is 0 Å². The quantitative estimate of drug-likeness (QED) is 0.156. The topological polar surface area (TPSA) is 0 Å². The molecule has 0 radical (unpaired) electrons. The van der Waals surface area contributed by atoms with Gasteiger partial charge in [0, 0.05) is 27.4 Å². The third kappa shape index (κ3) is 6.96. The molecule has 0 nitrogen and oxygen atoms in total. The summed E-state index contributed by atoms with van der Waals surface area (Å²) in [6, 6.07) is 51.5. The maximum Gasteiger partial charge on any atom is 0.0406 e. The largest absolute Gasteiger partial charge is 0.0843 e. The summed E-state index contributed by atoms with van der Waals surface area (Å²) in [5.74, 6) is 0. The lowest BCUT2D eigenvalue weighted by atomic mass is 9.74. The van der Waals surface area contributed by atoms with Crippen LogP contribution in [0.15, 0.2) is 168 Å². The van der Waals surface area contributed by atoms with Crippen molar-refractivity contribution in [2.24, 2.45) is 0 Å². The smallest absolute Gasteiger partial charge is 0.0406 e. The van der Waals surface area contributed by atoms with Gasteiger partial charge in [-0.25, -0.2) is 0 Å². The first kappa shape index (κ1) is 33.7. The second-order valence-electron chi connectivity index (χ2n) is 11.3. The fraction of sp³-hybridized carbons (Fsp3) is 0. The van der Waals surface area contributed by atoms with Crippen molar-refractivity contribution in [3.63, 3.8) is 0 Å². The minimum atomic E-state index is 0.696. The van der Waals surface area contributed by atoms with Gasteiger partial charge in [-0.05, 0) is 140 Å². The van der Waals surface area contributed by atoms with Gasteiger partial charge in [-0.15, -0.1) is 0 Å². The van der Waals surface area contributed by atoms with Crippen molar-refractivity contribution in [3.05, 3.63) is 173 Å². The van der Waals surface area contributed by atoms with E-state index in [2.05, 4.69) is 213 Å². The van der Waals surface area contributed by atoms with Crippen molar-refractivity contribution in [3.8, 4) is 66.8 Å². The van der Waals surface area contributed by atoms with Gasteiger partial charge in [-0.3, -0.25) is 0 Å². The van der Waals surface area contributed by atoms with Gasteiger partial charge >= 0.3 is 0 Å². The first-order valence-corrected chi connectivity index (χ1v) is 19.4. The van der Waals surface area contributed by atoms with Crippen LogP contribution in [0.2, 0.25) is 5.02 Å². The Bertz CT molecular complexity index is 1780. The van der Waals surface area contributed by atoms with Gasteiger partial charge in [0.1, 0.15) is 0 Å². The van der Waals surface area contributed by atoms with Crippen LogP contribution in [0.25, 0.3) is 66.8 Å². The van der Waals surface area contributed by atoms with Crippen LogP contribution in [0.3, 0.4) is 0 Å². The lowest BCUT2D eigenvalue weighted by Gasteiger charge is -2.29. The molecule has 0 aromatic heterocycles. The molecule has 7 aromatic carbocycles. The molecule has 0 atom stereocenters. The Balaban J connectivity index is 1.81. The molecule has 6 heteroatoms. The number of hydrogen-bond donors (Lipinski definition) is 0. The zero-order valence-electron chi connectivity index (χ0n) is 25.1. The number of benzene rings is 7. The zero-order valence-corrected chi connectivity index (χ0v) is 33.8. The second-order valence-corrected chi connectivity index (χ2v) is 16.3. The molecule has 0 bridgehead atoms. The van der Waals surface area contributed by atoms with Crippen molar-refractivity contribution in [1.82, 2.24) is 0 Å². The summed E-state index contributed by atoms with van der Waals surface area (Å²) in [7, 11) is 0. The molecular weight excluding hydrogens is 939 g/mol. The number of halogens is 6. The summed E-state index contributed by atoms with van der Waals surface area (Å²) in [4.78, 5) is 0. The van der Waals surface area contributed by atoms with Crippen LogP contribution in [0.1, 0.15) is 0 Å². The maximum atomic E-state index is 6.53. The summed E-state index contributed by atoms with van der Waals surface area (Å²) < 4.78 is 5.13. The Morgan fingerprint density at radius 2 is 0.375 bits per heavy atom. The van der Waals surface area contributed by atoms with Gasteiger partial charge in [0.2, 0.25) is 0 Å². The first-order valence-electron chi connectivity index (χ1n) is 15.1. The molecule has 0 unspecified atom stereocenters. The van der Waals surface area contributed by atoms with Crippen LogP contribution >= 0.6 is 91.3 Å². The lowest BCUT2D eigenvalue weighted by molar-refractivity contribution is 1.50. The van der Waals surface area contributed by atoms with Gasteiger partial charge in [-0.1, -0.05) is 164 Å². The van der Waals surface area contributed by atoms with Gasteiger partial charge in [0.05, 0.1) is 0 Å². The van der Waals surface area contributed by atoms with Crippen LogP contribution < -0.4 is 0 Å². The Kier molecular flexibility index (Phi) is 10.3. The number of hydrogen-bond acceptors (Lipinski definition) is 0. The molecule has 48 heavy (non-hydrogen) atoms. The third-order valence-corrected chi connectivity index (χ3v) is 11.2. The molecule has 0 aliphatic rings. The SMILES string of the molecule is Clc1ccc(-c2c(-c3ccc(Br)cc3)c(-c3ccc(Br)cc3)c(-c3ccc(Br)cc3)c(-c3ccc(Br)cc3)c2-c2ccc(Br)cc2)cc1. The van der Waals surface area contributed by atoms with Crippen LogP contribution in [-0.4, -0.2) is 0 Å². The van der Waals surface area contributed by atoms with Crippen molar-refractivity contribution in [2.45, 2.75) is 0 Å². The normalized spacial score (nSPS) is 11.1. The summed E-state index contributed by atoms with van der Waals surface area (Å²) in [6.45, 7) is 0. The fourth-order valence-corrected chi connectivity index (χ4v) is 7.63. The summed E-state index contributed by atoms with van der Waals surface area (Å²) >= 11 is 25.0.